The van der Waals surface area contributed by atoms with E-state index in [9.17, 15) is 9.59 Å². The minimum Gasteiger partial charge on any atom is -0.325 e. The lowest BCUT2D eigenvalue weighted by Crippen LogP contribution is -2.38. The number of halogens is 1. The standard InChI is InChI=1S/C20H14ClN3O2S/c21-13-7-9-14(10-8-13)23-18(25)12-24-16-5-1-2-6-17(16)27-19-15(20(24)26)4-3-11-22-19/h1-11H,12H2,(H,23,25). The van der Waals surface area contributed by atoms with Crippen LogP contribution in [0.15, 0.2) is 76.8 Å². The van der Waals surface area contributed by atoms with Gasteiger partial charge in [-0.2, -0.15) is 0 Å². The second-order valence-electron chi connectivity index (χ2n) is 5.87. The van der Waals surface area contributed by atoms with Crippen LogP contribution in [0.2, 0.25) is 5.02 Å². The summed E-state index contributed by atoms with van der Waals surface area (Å²) in [6, 6.07) is 17.8. The lowest BCUT2D eigenvalue weighted by atomic mass is 10.2. The van der Waals surface area contributed by atoms with Gasteiger partial charge in [0.05, 0.1) is 11.3 Å². The molecule has 1 aliphatic heterocycles. The van der Waals surface area contributed by atoms with Gasteiger partial charge < -0.3 is 5.32 Å². The number of nitrogens with zero attached hydrogens (tertiary/aromatic N) is 2. The van der Waals surface area contributed by atoms with E-state index in [-0.39, 0.29) is 18.4 Å². The molecule has 2 amide bonds. The molecule has 0 unspecified atom stereocenters. The summed E-state index contributed by atoms with van der Waals surface area (Å²) in [6.07, 6.45) is 1.66. The number of anilines is 2. The summed E-state index contributed by atoms with van der Waals surface area (Å²) in [4.78, 5) is 32.4. The van der Waals surface area contributed by atoms with Crippen LogP contribution in [0.5, 0.6) is 0 Å². The molecule has 0 fully saturated rings. The van der Waals surface area contributed by atoms with Gasteiger partial charge in [-0.25, -0.2) is 4.98 Å². The molecule has 4 rings (SSSR count). The van der Waals surface area contributed by atoms with Crippen LogP contribution < -0.4 is 10.2 Å². The maximum absolute atomic E-state index is 13.1. The van der Waals surface area contributed by atoms with Crippen molar-refractivity contribution in [3.05, 3.63) is 77.4 Å². The summed E-state index contributed by atoms with van der Waals surface area (Å²) in [7, 11) is 0. The fourth-order valence-corrected chi connectivity index (χ4v) is 3.94. The Morgan fingerprint density at radius 1 is 1.07 bits per heavy atom. The predicted molar refractivity (Wildman–Crippen MR) is 107 cm³/mol. The average molecular weight is 396 g/mol. The van der Waals surface area contributed by atoms with E-state index in [1.165, 1.54) is 16.7 Å². The van der Waals surface area contributed by atoms with E-state index in [4.69, 9.17) is 11.6 Å². The number of pyridine rings is 1. The molecule has 0 atom stereocenters. The van der Waals surface area contributed by atoms with Crippen molar-refractivity contribution in [2.75, 3.05) is 16.8 Å². The molecule has 0 saturated heterocycles. The highest BCUT2D eigenvalue weighted by Gasteiger charge is 2.29. The zero-order valence-corrected chi connectivity index (χ0v) is 15.6. The number of carbonyl (C=O) groups excluding carboxylic acids is 2. The van der Waals surface area contributed by atoms with Crippen LogP contribution in [0.4, 0.5) is 11.4 Å². The highest BCUT2D eigenvalue weighted by Crippen LogP contribution is 2.39. The Morgan fingerprint density at radius 2 is 1.85 bits per heavy atom. The van der Waals surface area contributed by atoms with E-state index < -0.39 is 0 Å². The van der Waals surface area contributed by atoms with Crippen molar-refractivity contribution < 1.29 is 9.59 Å². The van der Waals surface area contributed by atoms with Gasteiger partial charge in [-0.3, -0.25) is 14.5 Å². The number of hydrogen-bond donors (Lipinski definition) is 1. The third kappa shape index (κ3) is 3.67. The van der Waals surface area contributed by atoms with E-state index in [1.54, 1.807) is 42.6 Å². The first-order valence-electron chi connectivity index (χ1n) is 8.21. The quantitative estimate of drug-likeness (QED) is 0.710. The summed E-state index contributed by atoms with van der Waals surface area (Å²) in [5.74, 6) is -0.542. The maximum Gasteiger partial charge on any atom is 0.261 e. The average Bonchev–Trinajstić information content (AvgIpc) is 2.79. The Balaban J connectivity index is 1.65. The van der Waals surface area contributed by atoms with Gasteiger partial charge in [0, 0.05) is 21.8 Å². The third-order valence-electron chi connectivity index (χ3n) is 4.04. The van der Waals surface area contributed by atoms with Gasteiger partial charge in [-0.15, -0.1) is 0 Å². The number of aromatic nitrogens is 1. The summed E-state index contributed by atoms with van der Waals surface area (Å²) >= 11 is 7.29. The van der Waals surface area contributed by atoms with Crippen LogP contribution in [0.25, 0.3) is 0 Å². The Hall–Kier alpha value is -2.83. The van der Waals surface area contributed by atoms with Gasteiger partial charge in [-0.05, 0) is 48.5 Å². The lowest BCUT2D eigenvalue weighted by Gasteiger charge is -2.22. The zero-order chi connectivity index (χ0) is 18.8. The van der Waals surface area contributed by atoms with Gasteiger partial charge in [0.1, 0.15) is 11.6 Å². The normalized spacial score (nSPS) is 12.8. The molecule has 0 spiro atoms. The Morgan fingerprint density at radius 3 is 2.67 bits per heavy atom. The fraction of sp³-hybridized carbons (Fsp3) is 0.0500. The number of fused-ring (bicyclic) bond motifs is 2. The highest BCUT2D eigenvalue weighted by molar-refractivity contribution is 7.99. The Kier molecular flexibility index (Phi) is 4.83. The number of para-hydroxylation sites is 1. The fourth-order valence-electron chi connectivity index (χ4n) is 2.79. The minimum atomic E-state index is -0.294. The van der Waals surface area contributed by atoms with E-state index >= 15 is 0 Å². The molecule has 27 heavy (non-hydrogen) atoms. The number of nitrogens with one attached hydrogen (secondary N) is 1. The molecule has 1 N–H and O–H groups in total. The van der Waals surface area contributed by atoms with Crippen LogP contribution in [0.3, 0.4) is 0 Å². The van der Waals surface area contributed by atoms with E-state index in [2.05, 4.69) is 10.3 Å². The van der Waals surface area contributed by atoms with Crippen molar-refractivity contribution >= 4 is 46.6 Å². The van der Waals surface area contributed by atoms with E-state index in [1.807, 2.05) is 24.3 Å². The number of rotatable bonds is 3. The molecule has 2 aromatic carbocycles. The first-order chi connectivity index (χ1) is 13.1. The van der Waals surface area contributed by atoms with Gasteiger partial charge in [0.25, 0.3) is 5.91 Å². The molecule has 0 saturated carbocycles. The predicted octanol–water partition coefficient (Wildman–Crippen LogP) is 4.49. The molecule has 3 aromatic rings. The van der Waals surface area contributed by atoms with Crippen molar-refractivity contribution in [3.63, 3.8) is 0 Å². The molecule has 5 nitrogen and oxygen atoms in total. The SMILES string of the molecule is O=C(CN1C(=O)c2cccnc2Sc2ccccc21)Nc1ccc(Cl)cc1. The van der Waals surface area contributed by atoms with E-state index in [0.29, 0.717) is 27.0 Å². The number of carbonyl (C=O) groups is 2. The van der Waals surface area contributed by atoms with Crippen molar-refractivity contribution in [3.8, 4) is 0 Å². The Bertz CT molecular complexity index is 1020. The van der Waals surface area contributed by atoms with E-state index in [0.717, 1.165) is 4.90 Å². The van der Waals surface area contributed by atoms with Crippen molar-refractivity contribution in [2.45, 2.75) is 9.92 Å². The molecule has 0 radical (unpaired) electrons. The smallest absolute Gasteiger partial charge is 0.261 e. The summed E-state index contributed by atoms with van der Waals surface area (Å²) in [5, 5.41) is 4.02. The molecule has 134 valence electrons. The van der Waals surface area contributed by atoms with Crippen LogP contribution >= 0.6 is 23.4 Å². The van der Waals surface area contributed by atoms with Crippen molar-refractivity contribution in [1.29, 1.82) is 0 Å². The van der Waals surface area contributed by atoms with Gasteiger partial charge in [-0.1, -0.05) is 35.5 Å². The van der Waals surface area contributed by atoms with Gasteiger partial charge >= 0.3 is 0 Å². The third-order valence-corrected chi connectivity index (χ3v) is 5.37. The maximum atomic E-state index is 13.1. The monoisotopic (exact) mass is 395 g/mol. The largest absolute Gasteiger partial charge is 0.325 e. The molecule has 7 heteroatoms. The zero-order valence-electron chi connectivity index (χ0n) is 14.1. The Labute approximate surface area is 165 Å². The first-order valence-corrected chi connectivity index (χ1v) is 9.40. The highest BCUT2D eigenvalue weighted by atomic mass is 35.5. The first kappa shape index (κ1) is 17.6. The van der Waals surface area contributed by atoms with Crippen molar-refractivity contribution in [1.82, 2.24) is 4.98 Å². The molecular formula is C20H14ClN3O2S. The molecule has 0 aliphatic carbocycles. The summed E-state index contributed by atoms with van der Waals surface area (Å²) in [5.41, 5.74) is 1.80. The molecule has 1 aliphatic rings. The summed E-state index contributed by atoms with van der Waals surface area (Å²) in [6.45, 7) is -0.104. The number of benzene rings is 2. The number of amides is 2. The van der Waals surface area contributed by atoms with Crippen LogP contribution in [0, 0.1) is 0 Å². The molecular weight excluding hydrogens is 382 g/mol. The van der Waals surface area contributed by atoms with Crippen LogP contribution in [-0.4, -0.2) is 23.3 Å². The molecule has 1 aromatic heterocycles. The van der Waals surface area contributed by atoms with Crippen molar-refractivity contribution in [2.24, 2.45) is 0 Å². The minimum absolute atomic E-state index is 0.104. The number of hydrogen-bond acceptors (Lipinski definition) is 4. The summed E-state index contributed by atoms with van der Waals surface area (Å²) < 4.78 is 0. The molecule has 0 bridgehead atoms. The lowest BCUT2D eigenvalue weighted by molar-refractivity contribution is -0.114. The van der Waals surface area contributed by atoms with Gasteiger partial charge in [0.2, 0.25) is 5.91 Å². The topological polar surface area (TPSA) is 62.3 Å². The van der Waals surface area contributed by atoms with Crippen LogP contribution in [0.1, 0.15) is 10.4 Å². The van der Waals surface area contributed by atoms with Crippen LogP contribution in [-0.2, 0) is 4.79 Å². The second-order valence-corrected chi connectivity index (χ2v) is 7.34. The van der Waals surface area contributed by atoms with Gasteiger partial charge in [0.15, 0.2) is 0 Å². The second kappa shape index (κ2) is 7.42. The molecule has 2 heterocycles.